The minimum Gasteiger partial charge on any atom is -0.340 e. The van der Waals surface area contributed by atoms with Gasteiger partial charge in [-0.1, -0.05) is 11.8 Å². The first-order valence-corrected chi connectivity index (χ1v) is 9.00. The number of fused-ring (bicyclic) bond motifs is 1. The Labute approximate surface area is 139 Å². The Morgan fingerprint density at radius 1 is 1.39 bits per heavy atom. The van der Waals surface area contributed by atoms with Crippen LogP contribution in [-0.4, -0.2) is 62.3 Å². The highest BCUT2D eigenvalue weighted by atomic mass is 32.2. The predicted molar refractivity (Wildman–Crippen MR) is 89.8 cm³/mol. The van der Waals surface area contributed by atoms with E-state index >= 15 is 0 Å². The van der Waals surface area contributed by atoms with E-state index in [0.717, 1.165) is 36.6 Å². The molecule has 2 aromatic heterocycles. The van der Waals surface area contributed by atoms with Crippen molar-refractivity contribution in [2.24, 2.45) is 0 Å². The number of amides is 1. The molecule has 2 aromatic rings. The van der Waals surface area contributed by atoms with E-state index in [9.17, 15) is 4.79 Å². The number of carbonyl (C=O) groups is 1. The molecule has 0 unspecified atom stereocenters. The van der Waals surface area contributed by atoms with Gasteiger partial charge >= 0.3 is 0 Å². The second kappa shape index (κ2) is 6.45. The highest BCUT2D eigenvalue weighted by Gasteiger charge is 2.23. The zero-order valence-electron chi connectivity index (χ0n) is 14.0. The minimum absolute atomic E-state index is 0.149. The first kappa shape index (κ1) is 16.2. The molecule has 3 rings (SSSR count). The number of aryl methyl sites for hydroxylation is 2. The molecular formula is C15H22N6OS. The smallest absolute Gasteiger partial charge is 0.253 e. The van der Waals surface area contributed by atoms with Crippen molar-refractivity contribution in [1.82, 2.24) is 29.8 Å². The maximum atomic E-state index is 12.6. The van der Waals surface area contributed by atoms with Crippen LogP contribution in [0.2, 0.25) is 0 Å². The summed E-state index contributed by atoms with van der Waals surface area (Å²) in [6.45, 7) is 8.38. The van der Waals surface area contributed by atoms with Crippen molar-refractivity contribution in [1.29, 1.82) is 0 Å². The van der Waals surface area contributed by atoms with Gasteiger partial charge in [0.25, 0.3) is 5.78 Å². The van der Waals surface area contributed by atoms with Crippen LogP contribution in [0.15, 0.2) is 5.16 Å². The molecule has 0 radical (unpaired) electrons. The van der Waals surface area contributed by atoms with Crippen LogP contribution in [-0.2, 0) is 11.2 Å². The lowest BCUT2D eigenvalue weighted by molar-refractivity contribution is -0.131. The number of hydrogen-bond acceptors (Lipinski definition) is 6. The standard InChI is InChI=1S/C15H22N6OS/c1-9-8-20(6-5-16-9)13(22)7-12-10(2)17-14-18-15(23-4)19-21(14)11(12)3/h9,16H,5-8H2,1-4H3/t9-/m1/s1. The van der Waals surface area contributed by atoms with Gasteiger partial charge in [-0.15, -0.1) is 5.10 Å². The van der Waals surface area contributed by atoms with Crippen LogP contribution in [0.4, 0.5) is 0 Å². The Morgan fingerprint density at radius 2 is 2.17 bits per heavy atom. The van der Waals surface area contributed by atoms with Crippen molar-refractivity contribution in [3.63, 3.8) is 0 Å². The number of hydrogen-bond donors (Lipinski definition) is 1. The molecular weight excluding hydrogens is 312 g/mol. The van der Waals surface area contributed by atoms with Gasteiger partial charge in [0.05, 0.1) is 6.42 Å². The number of thioether (sulfide) groups is 1. The van der Waals surface area contributed by atoms with E-state index in [1.807, 2.05) is 25.0 Å². The maximum absolute atomic E-state index is 12.6. The van der Waals surface area contributed by atoms with Crippen molar-refractivity contribution in [3.05, 3.63) is 17.0 Å². The maximum Gasteiger partial charge on any atom is 0.253 e. The average molecular weight is 334 g/mol. The van der Waals surface area contributed by atoms with E-state index in [1.165, 1.54) is 11.8 Å². The van der Waals surface area contributed by atoms with Crippen LogP contribution in [0, 0.1) is 13.8 Å². The van der Waals surface area contributed by atoms with E-state index < -0.39 is 0 Å². The molecule has 0 aromatic carbocycles. The summed E-state index contributed by atoms with van der Waals surface area (Å²) in [6, 6.07) is 0.343. The summed E-state index contributed by atoms with van der Waals surface area (Å²) < 4.78 is 1.74. The highest BCUT2D eigenvalue weighted by Crippen LogP contribution is 2.18. The number of rotatable bonds is 3. The SMILES string of the molecule is CSc1nc2nc(C)c(CC(=O)N3CCN[C@H](C)C3)c(C)n2n1. The van der Waals surface area contributed by atoms with E-state index in [4.69, 9.17) is 0 Å². The number of nitrogens with zero attached hydrogens (tertiary/aromatic N) is 5. The Bertz CT molecular complexity index is 743. The molecule has 7 nitrogen and oxygen atoms in total. The van der Waals surface area contributed by atoms with Gasteiger partial charge in [0.15, 0.2) is 0 Å². The zero-order valence-corrected chi connectivity index (χ0v) is 14.8. The molecule has 1 amide bonds. The first-order valence-electron chi connectivity index (χ1n) is 7.77. The fourth-order valence-electron chi connectivity index (χ4n) is 2.95. The molecule has 1 aliphatic heterocycles. The van der Waals surface area contributed by atoms with E-state index in [-0.39, 0.29) is 5.91 Å². The number of carbonyl (C=O) groups excluding carboxylic acids is 1. The van der Waals surface area contributed by atoms with Gasteiger partial charge in [0, 0.05) is 42.6 Å². The van der Waals surface area contributed by atoms with Crippen LogP contribution in [0.25, 0.3) is 5.78 Å². The van der Waals surface area contributed by atoms with E-state index in [1.54, 1.807) is 4.52 Å². The molecule has 8 heteroatoms. The molecule has 1 fully saturated rings. The fraction of sp³-hybridized carbons (Fsp3) is 0.600. The molecule has 124 valence electrons. The van der Waals surface area contributed by atoms with Gasteiger partial charge < -0.3 is 10.2 Å². The normalized spacial score (nSPS) is 18.6. The summed E-state index contributed by atoms with van der Waals surface area (Å²) in [7, 11) is 0. The lowest BCUT2D eigenvalue weighted by atomic mass is 10.1. The molecule has 3 heterocycles. The summed E-state index contributed by atoms with van der Waals surface area (Å²) in [5.41, 5.74) is 2.75. The minimum atomic E-state index is 0.149. The van der Waals surface area contributed by atoms with Crippen LogP contribution in [0.1, 0.15) is 23.9 Å². The monoisotopic (exact) mass is 334 g/mol. The van der Waals surface area contributed by atoms with Crippen LogP contribution < -0.4 is 5.32 Å². The van der Waals surface area contributed by atoms with Crippen molar-refractivity contribution < 1.29 is 4.79 Å². The third-order valence-electron chi connectivity index (χ3n) is 4.26. The molecule has 1 atom stereocenters. The number of aromatic nitrogens is 4. The molecule has 0 saturated carbocycles. The van der Waals surface area contributed by atoms with E-state index in [2.05, 4.69) is 27.3 Å². The van der Waals surface area contributed by atoms with Crippen LogP contribution in [0.3, 0.4) is 0 Å². The third-order valence-corrected chi connectivity index (χ3v) is 4.80. The average Bonchev–Trinajstić information content (AvgIpc) is 2.94. The second-order valence-electron chi connectivity index (χ2n) is 5.94. The highest BCUT2D eigenvalue weighted by molar-refractivity contribution is 7.98. The quantitative estimate of drug-likeness (QED) is 0.838. The molecule has 1 saturated heterocycles. The van der Waals surface area contributed by atoms with Crippen molar-refractivity contribution in [2.75, 3.05) is 25.9 Å². The lowest BCUT2D eigenvalue weighted by Crippen LogP contribution is -2.51. The lowest BCUT2D eigenvalue weighted by Gasteiger charge is -2.32. The Hall–Kier alpha value is -1.67. The summed E-state index contributed by atoms with van der Waals surface area (Å²) in [5.74, 6) is 0.743. The Balaban J connectivity index is 1.88. The largest absolute Gasteiger partial charge is 0.340 e. The van der Waals surface area contributed by atoms with Gasteiger partial charge in [0.1, 0.15) is 0 Å². The topological polar surface area (TPSA) is 75.4 Å². The Morgan fingerprint density at radius 3 is 2.87 bits per heavy atom. The third kappa shape index (κ3) is 3.18. The van der Waals surface area contributed by atoms with Gasteiger partial charge in [-0.2, -0.15) is 4.98 Å². The summed E-state index contributed by atoms with van der Waals surface area (Å²) in [5, 5.41) is 8.49. The van der Waals surface area contributed by atoms with Crippen LogP contribution in [0.5, 0.6) is 0 Å². The van der Waals surface area contributed by atoms with Crippen molar-refractivity contribution in [3.8, 4) is 0 Å². The molecule has 0 aliphatic carbocycles. The van der Waals surface area contributed by atoms with Gasteiger partial charge in [0.2, 0.25) is 11.1 Å². The predicted octanol–water partition coefficient (Wildman–Crippen LogP) is 0.826. The van der Waals surface area contributed by atoms with Crippen molar-refractivity contribution >= 4 is 23.4 Å². The molecule has 1 aliphatic rings. The van der Waals surface area contributed by atoms with Gasteiger partial charge in [-0.3, -0.25) is 4.79 Å². The first-order chi connectivity index (χ1) is 11.0. The van der Waals surface area contributed by atoms with Crippen LogP contribution >= 0.6 is 11.8 Å². The number of piperazine rings is 1. The molecule has 23 heavy (non-hydrogen) atoms. The molecule has 0 bridgehead atoms. The summed E-state index contributed by atoms with van der Waals surface area (Å²) in [6.07, 6.45) is 2.30. The Kier molecular flexibility index (Phi) is 4.54. The summed E-state index contributed by atoms with van der Waals surface area (Å²) >= 11 is 1.49. The van der Waals surface area contributed by atoms with Crippen molar-refractivity contribution in [2.45, 2.75) is 38.4 Å². The number of nitrogens with one attached hydrogen (secondary N) is 1. The van der Waals surface area contributed by atoms with E-state index in [0.29, 0.717) is 23.4 Å². The van der Waals surface area contributed by atoms with Gasteiger partial charge in [-0.25, -0.2) is 9.50 Å². The second-order valence-corrected chi connectivity index (χ2v) is 6.72. The molecule has 0 spiro atoms. The van der Waals surface area contributed by atoms with Gasteiger partial charge in [-0.05, 0) is 27.0 Å². The zero-order chi connectivity index (χ0) is 16.6. The summed E-state index contributed by atoms with van der Waals surface area (Å²) in [4.78, 5) is 23.4. The fourth-order valence-corrected chi connectivity index (χ4v) is 3.29. The molecule has 1 N–H and O–H groups in total.